The molecule has 0 fully saturated rings. The maximum absolute atomic E-state index is 11.5. The molecule has 0 bridgehead atoms. The van der Waals surface area contributed by atoms with Crippen molar-refractivity contribution in [1.29, 1.82) is 0 Å². The van der Waals surface area contributed by atoms with Gasteiger partial charge in [-0.25, -0.2) is 0 Å². The maximum Gasteiger partial charge on any atom is 0.303 e. The van der Waals surface area contributed by atoms with Gasteiger partial charge >= 0.3 is 5.97 Å². The van der Waals surface area contributed by atoms with E-state index in [9.17, 15) is 9.59 Å². The van der Waals surface area contributed by atoms with Crippen molar-refractivity contribution in [1.82, 2.24) is 5.32 Å². The summed E-state index contributed by atoms with van der Waals surface area (Å²) in [7, 11) is 0. The molecule has 0 rings (SSSR count). The van der Waals surface area contributed by atoms with Crippen molar-refractivity contribution in [2.45, 2.75) is 51.6 Å². The third-order valence-corrected chi connectivity index (χ3v) is 1.74. The Morgan fingerprint density at radius 1 is 1.40 bits per heavy atom. The first-order valence-electron chi connectivity index (χ1n) is 5.02. The zero-order chi connectivity index (χ0) is 12.1. The van der Waals surface area contributed by atoms with Crippen molar-refractivity contribution < 1.29 is 14.7 Å². The monoisotopic (exact) mass is 216 g/mol. The smallest absolute Gasteiger partial charge is 0.303 e. The summed E-state index contributed by atoms with van der Waals surface area (Å²) >= 11 is 0. The number of hydrogen-bond donors (Lipinski definition) is 3. The first kappa shape index (κ1) is 13.9. The Morgan fingerprint density at radius 2 is 1.93 bits per heavy atom. The number of rotatable bonds is 5. The molecule has 0 saturated carbocycles. The molecule has 0 heterocycles. The van der Waals surface area contributed by atoms with Gasteiger partial charge in [0.15, 0.2) is 0 Å². The summed E-state index contributed by atoms with van der Waals surface area (Å²) in [5, 5.41) is 11.2. The SMILES string of the molecule is CC(C)(C)NC(=O)C(N)CCCC(=O)O. The lowest BCUT2D eigenvalue weighted by Crippen LogP contribution is -2.48. The van der Waals surface area contributed by atoms with E-state index < -0.39 is 12.0 Å². The summed E-state index contributed by atoms with van der Waals surface area (Å²) < 4.78 is 0. The fraction of sp³-hybridized carbons (Fsp3) is 0.800. The van der Waals surface area contributed by atoms with Gasteiger partial charge in [0.25, 0.3) is 0 Å². The van der Waals surface area contributed by atoms with Crippen LogP contribution >= 0.6 is 0 Å². The molecule has 0 aromatic heterocycles. The van der Waals surface area contributed by atoms with Crippen molar-refractivity contribution in [3.63, 3.8) is 0 Å². The van der Waals surface area contributed by atoms with Gasteiger partial charge in [-0.1, -0.05) is 0 Å². The topological polar surface area (TPSA) is 92.4 Å². The van der Waals surface area contributed by atoms with E-state index in [-0.39, 0.29) is 17.9 Å². The van der Waals surface area contributed by atoms with Gasteiger partial charge in [0.1, 0.15) is 0 Å². The van der Waals surface area contributed by atoms with Crippen LogP contribution in [-0.2, 0) is 9.59 Å². The Kier molecular flexibility index (Phi) is 5.28. The summed E-state index contributed by atoms with van der Waals surface area (Å²) in [4.78, 5) is 21.7. The van der Waals surface area contributed by atoms with Gasteiger partial charge in [-0.15, -0.1) is 0 Å². The van der Waals surface area contributed by atoms with E-state index in [2.05, 4.69) is 5.32 Å². The Labute approximate surface area is 90.0 Å². The van der Waals surface area contributed by atoms with Crippen LogP contribution in [0, 0.1) is 0 Å². The van der Waals surface area contributed by atoms with Gasteiger partial charge in [0.2, 0.25) is 5.91 Å². The fourth-order valence-electron chi connectivity index (χ4n) is 1.07. The molecule has 0 aromatic rings. The summed E-state index contributed by atoms with van der Waals surface area (Å²) in [6, 6.07) is -0.622. The minimum atomic E-state index is -0.863. The molecule has 1 amide bonds. The normalized spacial score (nSPS) is 13.3. The molecule has 0 aliphatic carbocycles. The van der Waals surface area contributed by atoms with Crippen LogP contribution in [0.5, 0.6) is 0 Å². The molecule has 5 nitrogen and oxygen atoms in total. The molecular weight excluding hydrogens is 196 g/mol. The molecule has 88 valence electrons. The average Bonchev–Trinajstić information content (AvgIpc) is 1.99. The van der Waals surface area contributed by atoms with Crippen LogP contribution in [0.2, 0.25) is 0 Å². The second-order valence-electron chi connectivity index (χ2n) is 4.63. The molecule has 0 aliphatic rings. The first-order valence-corrected chi connectivity index (χ1v) is 5.02. The fourth-order valence-corrected chi connectivity index (χ4v) is 1.07. The lowest BCUT2D eigenvalue weighted by molar-refractivity contribution is -0.137. The molecule has 4 N–H and O–H groups in total. The average molecular weight is 216 g/mol. The second-order valence-corrected chi connectivity index (χ2v) is 4.63. The number of nitrogens with one attached hydrogen (secondary N) is 1. The number of carbonyl (C=O) groups excluding carboxylic acids is 1. The third kappa shape index (κ3) is 7.93. The maximum atomic E-state index is 11.5. The molecule has 15 heavy (non-hydrogen) atoms. The molecular formula is C10H20N2O3. The van der Waals surface area contributed by atoms with Crippen LogP contribution in [0.25, 0.3) is 0 Å². The Balaban J connectivity index is 3.85. The van der Waals surface area contributed by atoms with Gasteiger partial charge in [0, 0.05) is 12.0 Å². The van der Waals surface area contributed by atoms with Crippen molar-refractivity contribution in [2.24, 2.45) is 5.73 Å². The first-order chi connectivity index (χ1) is 6.72. The number of carbonyl (C=O) groups is 2. The number of nitrogens with two attached hydrogens (primary N) is 1. The standard InChI is InChI=1S/C10H20N2O3/c1-10(2,3)12-9(15)7(11)5-4-6-8(13)14/h7H,4-6,11H2,1-3H3,(H,12,15)(H,13,14). The predicted octanol–water partition coefficient (Wildman–Crippen LogP) is 0.483. The summed E-state index contributed by atoms with van der Waals surface area (Å²) in [6.07, 6.45) is 0.874. The van der Waals surface area contributed by atoms with Crippen LogP contribution in [0.4, 0.5) is 0 Å². The van der Waals surface area contributed by atoms with Gasteiger partial charge in [0.05, 0.1) is 6.04 Å². The van der Waals surface area contributed by atoms with E-state index in [4.69, 9.17) is 10.8 Å². The van der Waals surface area contributed by atoms with Crippen molar-refractivity contribution in [3.05, 3.63) is 0 Å². The van der Waals surface area contributed by atoms with E-state index >= 15 is 0 Å². The van der Waals surface area contributed by atoms with Crippen LogP contribution in [0.15, 0.2) is 0 Å². The van der Waals surface area contributed by atoms with Crippen molar-refractivity contribution >= 4 is 11.9 Å². The molecule has 0 aromatic carbocycles. The third-order valence-electron chi connectivity index (χ3n) is 1.74. The summed E-state index contributed by atoms with van der Waals surface area (Å²) in [6.45, 7) is 5.61. The Morgan fingerprint density at radius 3 is 2.33 bits per heavy atom. The van der Waals surface area contributed by atoms with Crippen LogP contribution < -0.4 is 11.1 Å². The molecule has 1 atom stereocenters. The van der Waals surface area contributed by atoms with E-state index in [0.717, 1.165) is 0 Å². The minimum Gasteiger partial charge on any atom is -0.481 e. The molecule has 0 radical (unpaired) electrons. The lowest BCUT2D eigenvalue weighted by Gasteiger charge is -2.23. The second kappa shape index (κ2) is 5.70. The Bertz CT molecular complexity index is 233. The lowest BCUT2D eigenvalue weighted by atomic mass is 10.1. The molecule has 1 unspecified atom stereocenters. The summed E-state index contributed by atoms with van der Waals surface area (Å²) in [5.41, 5.74) is 5.30. The van der Waals surface area contributed by atoms with E-state index in [1.54, 1.807) is 0 Å². The van der Waals surface area contributed by atoms with Crippen LogP contribution in [0.1, 0.15) is 40.0 Å². The summed E-state index contributed by atoms with van der Waals surface area (Å²) in [5.74, 6) is -1.09. The predicted molar refractivity (Wildman–Crippen MR) is 57.4 cm³/mol. The zero-order valence-corrected chi connectivity index (χ0v) is 9.54. The van der Waals surface area contributed by atoms with Crippen molar-refractivity contribution in [3.8, 4) is 0 Å². The quantitative estimate of drug-likeness (QED) is 0.623. The van der Waals surface area contributed by atoms with E-state index in [0.29, 0.717) is 12.8 Å². The number of amides is 1. The molecule has 0 saturated heterocycles. The number of aliphatic carboxylic acids is 1. The zero-order valence-electron chi connectivity index (χ0n) is 9.54. The number of carboxylic acids is 1. The number of carboxylic acid groups (broad SMARTS) is 1. The minimum absolute atomic E-state index is 0.0521. The Hall–Kier alpha value is -1.10. The van der Waals surface area contributed by atoms with Gasteiger partial charge < -0.3 is 16.2 Å². The van der Waals surface area contributed by atoms with Crippen molar-refractivity contribution in [2.75, 3.05) is 0 Å². The van der Waals surface area contributed by atoms with Crippen LogP contribution in [0.3, 0.4) is 0 Å². The van der Waals surface area contributed by atoms with Crippen LogP contribution in [-0.4, -0.2) is 28.6 Å². The highest BCUT2D eigenvalue weighted by Gasteiger charge is 2.19. The largest absolute Gasteiger partial charge is 0.481 e. The molecule has 0 spiro atoms. The van der Waals surface area contributed by atoms with Gasteiger partial charge in [-0.05, 0) is 33.6 Å². The van der Waals surface area contributed by atoms with Gasteiger partial charge in [-0.3, -0.25) is 9.59 Å². The highest BCUT2D eigenvalue weighted by atomic mass is 16.4. The highest BCUT2D eigenvalue weighted by Crippen LogP contribution is 2.03. The van der Waals surface area contributed by atoms with E-state index in [1.807, 2.05) is 20.8 Å². The molecule has 0 aliphatic heterocycles. The number of hydrogen-bond acceptors (Lipinski definition) is 3. The van der Waals surface area contributed by atoms with Gasteiger partial charge in [-0.2, -0.15) is 0 Å². The highest BCUT2D eigenvalue weighted by molar-refractivity contribution is 5.82. The molecule has 5 heteroatoms. The van der Waals surface area contributed by atoms with E-state index in [1.165, 1.54) is 0 Å².